The third kappa shape index (κ3) is 3.25. The summed E-state index contributed by atoms with van der Waals surface area (Å²) < 4.78 is 30.2. The molecule has 1 amide bonds. The molecule has 94 valence electrons. The molecule has 0 fully saturated rings. The van der Waals surface area contributed by atoms with Gasteiger partial charge in [0.25, 0.3) is 0 Å². The van der Waals surface area contributed by atoms with E-state index in [1.54, 1.807) is 22.9 Å². The molecule has 0 radical (unpaired) electrons. The van der Waals surface area contributed by atoms with E-state index in [0.717, 1.165) is 11.4 Å². The molecular weight excluding hydrogens is 246 g/mol. The Kier molecular flexibility index (Phi) is 3.79. The summed E-state index contributed by atoms with van der Waals surface area (Å²) in [5.41, 5.74) is 6.29. The predicted molar refractivity (Wildman–Crippen MR) is 63.7 cm³/mol. The monoisotopic (exact) mass is 259 g/mol. The summed E-state index contributed by atoms with van der Waals surface area (Å²) in [5, 5.41) is 0. The van der Waals surface area contributed by atoms with E-state index in [4.69, 9.17) is 5.73 Å². The number of benzene rings is 1. The fourth-order valence-corrected chi connectivity index (χ4v) is 1.90. The van der Waals surface area contributed by atoms with Crippen LogP contribution in [-0.2, 0) is 14.9 Å². The van der Waals surface area contributed by atoms with Crippen LogP contribution in [0.1, 0.15) is 0 Å². The third-order valence-corrected chi connectivity index (χ3v) is 3.35. The summed E-state index contributed by atoms with van der Waals surface area (Å²) in [6, 6.07) is 6.25. The van der Waals surface area contributed by atoms with Crippen LogP contribution in [0.5, 0.6) is 0 Å². The number of nitrogens with one attached hydrogen (secondary N) is 1. The number of ether oxygens (including phenoxy) is 1. The van der Waals surface area contributed by atoms with Crippen molar-refractivity contribution in [2.24, 2.45) is 0 Å². The van der Waals surface area contributed by atoms with Crippen molar-refractivity contribution in [1.82, 2.24) is 4.72 Å². The van der Waals surface area contributed by atoms with Gasteiger partial charge in [0.2, 0.25) is 0 Å². The van der Waals surface area contributed by atoms with Crippen molar-refractivity contribution in [1.29, 1.82) is 0 Å². The molecule has 1 rings (SSSR count). The highest BCUT2D eigenvalue weighted by molar-refractivity contribution is 7.91. The van der Waals surface area contributed by atoms with E-state index in [9.17, 15) is 13.2 Å². The van der Waals surface area contributed by atoms with Gasteiger partial charge in [-0.25, -0.2) is 9.52 Å². The first kappa shape index (κ1) is 13.1. The lowest BCUT2D eigenvalue weighted by Gasteiger charge is -2.19. The number of amides is 1. The van der Waals surface area contributed by atoms with Gasteiger partial charge in [0, 0.05) is 12.7 Å². The number of hydrogen-bond donors (Lipinski definition) is 2. The van der Waals surface area contributed by atoms with Gasteiger partial charge in [-0.2, -0.15) is 8.42 Å². The highest BCUT2D eigenvalue weighted by atomic mass is 32.2. The van der Waals surface area contributed by atoms with Gasteiger partial charge < -0.3 is 10.5 Å². The molecule has 0 aliphatic heterocycles. The van der Waals surface area contributed by atoms with Crippen molar-refractivity contribution < 1.29 is 17.9 Å². The van der Waals surface area contributed by atoms with Gasteiger partial charge in [0.15, 0.2) is 0 Å². The lowest BCUT2D eigenvalue weighted by Crippen LogP contribution is -2.41. The Bertz CT molecular complexity index is 515. The Morgan fingerprint density at radius 1 is 1.47 bits per heavy atom. The number of anilines is 2. The van der Waals surface area contributed by atoms with Crippen LogP contribution in [0.2, 0.25) is 0 Å². The molecule has 3 N–H and O–H groups in total. The number of methoxy groups -OCH3 is 1. The summed E-state index contributed by atoms with van der Waals surface area (Å²) in [4.78, 5) is 10.9. The van der Waals surface area contributed by atoms with Gasteiger partial charge in [0.1, 0.15) is 0 Å². The molecule has 0 aromatic heterocycles. The van der Waals surface area contributed by atoms with Gasteiger partial charge in [-0.15, -0.1) is 0 Å². The van der Waals surface area contributed by atoms with Crippen LogP contribution >= 0.6 is 0 Å². The van der Waals surface area contributed by atoms with E-state index in [1.165, 1.54) is 13.1 Å². The number of nitrogens with zero attached hydrogens (tertiary/aromatic N) is 1. The van der Waals surface area contributed by atoms with Crippen LogP contribution in [-0.4, -0.2) is 28.7 Å². The van der Waals surface area contributed by atoms with E-state index in [1.807, 2.05) is 0 Å². The smallest absolute Gasteiger partial charge is 0.422 e. The molecule has 7 nitrogen and oxygen atoms in total. The Labute approximate surface area is 99.3 Å². The van der Waals surface area contributed by atoms with Crippen LogP contribution in [0.25, 0.3) is 0 Å². The molecule has 0 aliphatic rings. The summed E-state index contributed by atoms with van der Waals surface area (Å²) in [7, 11) is -1.62. The molecule has 0 bridgehead atoms. The molecule has 1 aromatic rings. The van der Waals surface area contributed by atoms with E-state index in [0.29, 0.717) is 11.4 Å². The molecule has 1 aromatic carbocycles. The fourth-order valence-electron chi connectivity index (χ4n) is 1.07. The lowest BCUT2D eigenvalue weighted by atomic mass is 10.3. The number of carbonyl (C=O) groups excluding carboxylic acids is 1. The summed E-state index contributed by atoms with van der Waals surface area (Å²) >= 11 is 0. The quantitative estimate of drug-likeness (QED) is 0.760. The Morgan fingerprint density at radius 3 is 2.65 bits per heavy atom. The maximum atomic E-state index is 11.7. The van der Waals surface area contributed by atoms with Gasteiger partial charge in [0.05, 0.1) is 12.8 Å². The van der Waals surface area contributed by atoms with E-state index >= 15 is 0 Å². The predicted octanol–water partition coefficient (Wildman–Crippen LogP) is 0.306. The minimum atomic E-state index is -3.99. The SMILES string of the molecule is COC(=O)NS(=O)(=O)N(C)c1cccc(N)c1. The second-order valence-electron chi connectivity index (χ2n) is 3.16. The second-order valence-corrected chi connectivity index (χ2v) is 4.86. The fraction of sp³-hybridized carbons (Fsp3) is 0.222. The Balaban J connectivity index is 2.96. The van der Waals surface area contributed by atoms with Gasteiger partial charge >= 0.3 is 16.3 Å². The second kappa shape index (κ2) is 4.91. The number of nitrogen functional groups attached to an aromatic ring is 1. The van der Waals surface area contributed by atoms with Crippen LogP contribution in [0.4, 0.5) is 16.2 Å². The number of hydrogen-bond acceptors (Lipinski definition) is 5. The first-order chi connectivity index (χ1) is 7.86. The summed E-state index contributed by atoms with van der Waals surface area (Å²) in [6.07, 6.45) is -1.05. The Morgan fingerprint density at radius 2 is 2.12 bits per heavy atom. The maximum Gasteiger partial charge on any atom is 0.422 e. The first-order valence-corrected chi connectivity index (χ1v) is 6.01. The highest BCUT2D eigenvalue weighted by Gasteiger charge is 2.21. The Hall–Kier alpha value is -1.96. The summed E-state index contributed by atoms with van der Waals surface area (Å²) in [6.45, 7) is 0. The standard InChI is InChI=1S/C9H13N3O4S/c1-12(8-5-3-4-7(10)6-8)17(14,15)11-9(13)16-2/h3-6H,10H2,1-2H3,(H,11,13). The zero-order valence-electron chi connectivity index (χ0n) is 9.38. The molecule has 0 saturated heterocycles. The highest BCUT2D eigenvalue weighted by Crippen LogP contribution is 2.18. The van der Waals surface area contributed by atoms with Crippen molar-refractivity contribution in [3.8, 4) is 0 Å². The average molecular weight is 259 g/mol. The number of rotatable bonds is 3. The van der Waals surface area contributed by atoms with Crippen LogP contribution in [0.3, 0.4) is 0 Å². The van der Waals surface area contributed by atoms with Crippen molar-refractivity contribution in [3.63, 3.8) is 0 Å². The van der Waals surface area contributed by atoms with E-state index in [-0.39, 0.29) is 0 Å². The van der Waals surface area contributed by atoms with Gasteiger partial charge in [-0.1, -0.05) is 6.07 Å². The average Bonchev–Trinajstić information content (AvgIpc) is 2.27. The van der Waals surface area contributed by atoms with Crippen LogP contribution in [0.15, 0.2) is 24.3 Å². The van der Waals surface area contributed by atoms with Gasteiger partial charge in [-0.05, 0) is 18.2 Å². The molecule has 0 heterocycles. The minimum absolute atomic E-state index is 0.335. The summed E-state index contributed by atoms with van der Waals surface area (Å²) in [5.74, 6) is 0. The van der Waals surface area contributed by atoms with Gasteiger partial charge in [-0.3, -0.25) is 4.31 Å². The molecule has 0 unspecified atom stereocenters. The molecule has 0 saturated carbocycles. The molecule has 0 atom stereocenters. The zero-order valence-corrected chi connectivity index (χ0v) is 10.2. The normalized spacial score (nSPS) is 10.7. The molecule has 0 spiro atoms. The molecule has 0 aliphatic carbocycles. The van der Waals surface area contributed by atoms with Crippen molar-refractivity contribution in [2.45, 2.75) is 0 Å². The molecular formula is C9H13N3O4S. The molecule has 17 heavy (non-hydrogen) atoms. The van der Waals surface area contributed by atoms with Crippen LogP contribution < -0.4 is 14.8 Å². The van der Waals surface area contributed by atoms with Crippen molar-refractivity contribution in [2.75, 3.05) is 24.2 Å². The maximum absolute atomic E-state index is 11.7. The van der Waals surface area contributed by atoms with Crippen molar-refractivity contribution >= 4 is 27.7 Å². The lowest BCUT2D eigenvalue weighted by molar-refractivity contribution is 0.177. The van der Waals surface area contributed by atoms with Crippen LogP contribution in [0, 0.1) is 0 Å². The molecule has 8 heteroatoms. The minimum Gasteiger partial charge on any atom is -0.452 e. The number of carbonyl (C=O) groups is 1. The third-order valence-electron chi connectivity index (χ3n) is 1.99. The van der Waals surface area contributed by atoms with E-state index in [2.05, 4.69) is 4.74 Å². The zero-order chi connectivity index (χ0) is 13.1. The first-order valence-electron chi connectivity index (χ1n) is 4.57. The largest absolute Gasteiger partial charge is 0.452 e. The number of nitrogens with two attached hydrogens (primary N) is 1. The van der Waals surface area contributed by atoms with Crippen molar-refractivity contribution in [3.05, 3.63) is 24.3 Å². The topological polar surface area (TPSA) is 102 Å². The van der Waals surface area contributed by atoms with E-state index < -0.39 is 16.3 Å².